The molecule has 2 aliphatic rings. The van der Waals surface area contributed by atoms with Crippen molar-refractivity contribution < 1.29 is 22.7 Å². The molecule has 0 N–H and O–H groups in total. The lowest BCUT2D eigenvalue weighted by atomic mass is 10.1. The van der Waals surface area contributed by atoms with Crippen molar-refractivity contribution in [2.24, 2.45) is 0 Å². The van der Waals surface area contributed by atoms with Crippen LogP contribution in [-0.4, -0.2) is 56.7 Å². The monoisotopic (exact) mass is 408 g/mol. The van der Waals surface area contributed by atoms with E-state index in [4.69, 9.17) is 4.74 Å². The maximum atomic E-state index is 12.6. The van der Waals surface area contributed by atoms with Crippen LogP contribution in [0, 0.1) is 0 Å². The fraction of sp³-hybridized carbons (Fsp3) is 0.600. The van der Waals surface area contributed by atoms with Crippen LogP contribution in [0.1, 0.15) is 55.5 Å². The Bertz CT molecular complexity index is 859. The van der Waals surface area contributed by atoms with Gasteiger partial charge in [-0.2, -0.15) is 0 Å². The lowest BCUT2D eigenvalue weighted by Crippen LogP contribution is -2.40. The molecule has 2 aliphatic heterocycles. The number of carbonyl (C=O) groups excluding carboxylic acids is 2. The second-order valence-corrected chi connectivity index (χ2v) is 9.60. The van der Waals surface area contributed by atoms with E-state index in [-0.39, 0.29) is 11.9 Å². The number of carbonyl (C=O) groups is 2. The first-order valence-corrected chi connectivity index (χ1v) is 11.7. The van der Waals surface area contributed by atoms with Gasteiger partial charge >= 0.3 is 5.97 Å². The van der Waals surface area contributed by atoms with E-state index in [1.165, 1.54) is 10.6 Å². The molecule has 0 unspecified atom stereocenters. The third kappa shape index (κ3) is 4.32. The van der Waals surface area contributed by atoms with Crippen LogP contribution in [0.4, 0.5) is 5.69 Å². The minimum atomic E-state index is -3.38. The maximum absolute atomic E-state index is 12.6. The van der Waals surface area contributed by atoms with Crippen molar-refractivity contribution in [2.75, 3.05) is 23.7 Å². The number of anilines is 1. The van der Waals surface area contributed by atoms with Crippen molar-refractivity contribution in [1.82, 2.24) is 4.90 Å². The third-order valence-corrected chi connectivity index (χ3v) is 6.65. The second kappa shape index (κ2) is 8.11. The molecule has 0 aromatic heterocycles. The first-order valence-electron chi connectivity index (χ1n) is 9.80. The van der Waals surface area contributed by atoms with Crippen LogP contribution in [-0.2, 0) is 26.0 Å². The Kier molecular flexibility index (Phi) is 5.98. The fourth-order valence-corrected chi connectivity index (χ4v) is 5.33. The number of benzene rings is 1. The predicted octanol–water partition coefficient (Wildman–Crippen LogP) is 2.35. The van der Waals surface area contributed by atoms with Gasteiger partial charge in [0.25, 0.3) is 5.91 Å². The molecule has 154 valence electrons. The van der Waals surface area contributed by atoms with Gasteiger partial charge in [0.05, 0.1) is 17.5 Å². The van der Waals surface area contributed by atoms with Gasteiger partial charge in [0, 0.05) is 19.1 Å². The fourth-order valence-electron chi connectivity index (χ4n) is 4.06. The molecule has 8 heteroatoms. The number of esters is 1. The highest BCUT2D eigenvalue weighted by atomic mass is 32.2. The average molecular weight is 409 g/mol. The predicted molar refractivity (Wildman–Crippen MR) is 107 cm³/mol. The molecule has 2 atom stereocenters. The van der Waals surface area contributed by atoms with Crippen molar-refractivity contribution in [1.29, 1.82) is 0 Å². The molecular formula is C20H28N2O5S. The van der Waals surface area contributed by atoms with E-state index in [0.717, 1.165) is 31.2 Å². The van der Waals surface area contributed by atoms with Gasteiger partial charge in [-0.3, -0.25) is 9.10 Å². The highest BCUT2D eigenvalue weighted by molar-refractivity contribution is 7.92. The van der Waals surface area contributed by atoms with Crippen LogP contribution < -0.4 is 4.31 Å². The normalized spacial score (nSPS) is 21.0. The van der Waals surface area contributed by atoms with Crippen LogP contribution in [0.15, 0.2) is 18.2 Å². The SMILES string of the molecule is C[C@H](OC(=O)c1ccc2c(c1)C[C@@H](C)N2S(C)(=O)=O)C(=O)N1CCCCCC1. The van der Waals surface area contributed by atoms with Gasteiger partial charge in [-0.05, 0) is 56.9 Å². The molecule has 0 saturated carbocycles. The quantitative estimate of drug-likeness (QED) is 0.714. The van der Waals surface area contributed by atoms with E-state index in [2.05, 4.69) is 0 Å². The van der Waals surface area contributed by atoms with Gasteiger partial charge in [0.1, 0.15) is 0 Å². The number of ether oxygens (including phenoxy) is 1. The van der Waals surface area contributed by atoms with Crippen molar-refractivity contribution in [3.63, 3.8) is 0 Å². The summed E-state index contributed by atoms with van der Waals surface area (Å²) in [5, 5.41) is 0. The van der Waals surface area contributed by atoms with E-state index in [9.17, 15) is 18.0 Å². The van der Waals surface area contributed by atoms with E-state index >= 15 is 0 Å². The summed E-state index contributed by atoms with van der Waals surface area (Å²) in [6, 6.07) is 4.67. The molecule has 0 bridgehead atoms. The van der Waals surface area contributed by atoms with Gasteiger partial charge in [-0.15, -0.1) is 0 Å². The van der Waals surface area contributed by atoms with Crippen LogP contribution in [0.25, 0.3) is 0 Å². The van der Waals surface area contributed by atoms with Gasteiger partial charge in [0.2, 0.25) is 10.0 Å². The summed E-state index contributed by atoms with van der Waals surface area (Å²) in [6.07, 6.45) is 5.07. The molecular weight excluding hydrogens is 380 g/mol. The van der Waals surface area contributed by atoms with Gasteiger partial charge < -0.3 is 9.64 Å². The zero-order valence-electron chi connectivity index (χ0n) is 16.7. The van der Waals surface area contributed by atoms with Crippen molar-refractivity contribution >= 4 is 27.6 Å². The molecule has 7 nitrogen and oxygen atoms in total. The molecule has 3 rings (SSSR count). The number of hydrogen-bond donors (Lipinski definition) is 0. The van der Waals surface area contributed by atoms with Crippen LogP contribution >= 0.6 is 0 Å². The topological polar surface area (TPSA) is 84.0 Å². The Morgan fingerprint density at radius 2 is 1.79 bits per heavy atom. The Morgan fingerprint density at radius 1 is 1.14 bits per heavy atom. The zero-order valence-corrected chi connectivity index (χ0v) is 17.5. The Balaban J connectivity index is 1.70. The summed E-state index contributed by atoms with van der Waals surface area (Å²) in [5.74, 6) is -0.725. The van der Waals surface area contributed by atoms with Crippen LogP contribution in [0.2, 0.25) is 0 Å². The van der Waals surface area contributed by atoms with Crippen molar-refractivity contribution in [2.45, 2.75) is 58.1 Å². The molecule has 1 saturated heterocycles. The molecule has 0 radical (unpaired) electrons. The first kappa shape index (κ1) is 20.6. The molecule has 1 aromatic carbocycles. The standard InChI is InChI=1S/C20H28N2O5S/c1-14-12-17-13-16(8-9-18(17)22(14)28(3,25)26)20(24)27-15(2)19(23)21-10-6-4-5-7-11-21/h8-9,13-15H,4-7,10-12H2,1-3H3/t14-,15+/m1/s1. The van der Waals surface area contributed by atoms with Gasteiger partial charge in [-0.25, -0.2) is 13.2 Å². The Morgan fingerprint density at radius 3 is 2.39 bits per heavy atom. The molecule has 1 aromatic rings. The summed E-state index contributed by atoms with van der Waals surface area (Å²) in [7, 11) is -3.38. The lowest BCUT2D eigenvalue weighted by Gasteiger charge is -2.24. The van der Waals surface area contributed by atoms with Gasteiger partial charge in [0.15, 0.2) is 6.10 Å². The summed E-state index contributed by atoms with van der Waals surface area (Å²) >= 11 is 0. The number of nitrogens with zero attached hydrogens (tertiary/aromatic N) is 2. The molecule has 0 spiro atoms. The van der Waals surface area contributed by atoms with Crippen molar-refractivity contribution in [3.8, 4) is 0 Å². The minimum absolute atomic E-state index is 0.159. The van der Waals surface area contributed by atoms with E-state index < -0.39 is 22.1 Å². The third-order valence-electron chi connectivity index (χ3n) is 5.37. The molecule has 1 amide bonds. The first-order chi connectivity index (χ1) is 13.2. The molecule has 2 heterocycles. The van der Waals surface area contributed by atoms with Crippen molar-refractivity contribution in [3.05, 3.63) is 29.3 Å². The summed E-state index contributed by atoms with van der Waals surface area (Å²) in [6.45, 7) is 4.85. The summed E-state index contributed by atoms with van der Waals surface area (Å²) in [5.41, 5.74) is 1.72. The number of fused-ring (bicyclic) bond motifs is 1. The van der Waals surface area contributed by atoms with Crippen LogP contribution in [0.3, 0.4) is 0 Å². The lowest BCUT2D eigenvalue weighted by molar-refractivity contribution is -0.139. The average Bonchev–Trinajstić information content (AvgIpc) is 2.79. The Labute approximate surface area is 166 Å². The second-order valence-electron chi connectivity index (χ2n) is 7.74. The van der Waals surface area contributed by atoms with Crippen LogP contribution in [0.5, 0.6) is 0 Å². The highest BCUT2D eigenvalue weighted by Crippen LogP contribution is 2.34. The zero-order chi connectivity index (χ0) is 20.5. The van der Waals surface area contributed by atoms with Gasteiger partial charge in [-0.1, -0.05) is 12.8 Å². The van der Waals surface area contributed by atoms with E-state index in [1.807, 2.05) is 6.92 Å². The highest BCUT2D eigenvalue weighted by Gasteiger charge is 2.33. The number of likely N-dealkylation sites (tertiary alicyclic amines) is 1. The number of hydrogen-bond acceptors (Lipinski definition) is 5. The minimum Gasteiger partial charge on any atom is -0.449 e. The summed E-state index contributed by atoms with van der Waals surface area (Å²) < 4.78 is 30.8. The number of sulfonamides is 1. The summed E-state index contributed by atoms with van der Waals surface area (Å²) in [4.78, 5) is 26.9. The molecule has 0 aliphatic carbocycles. The van der Waals surface area contributed by atoms with E-state index in [0.29, 0.717) is 30.8 Å². The number of rotatable bonds is 4. The maximum Gasteiger partial charge on any atom is 0.338 e. The smallest absolute Gasteiger partial charge is 0.338 e. The number of amides is 1. The molecule has 28 heavy (non-hydrogen) atoms. The Hall–Kier alpha value is -2.09. The van der Waals surface area contributed by atoms with E-state index in [1.54, 1.807) is 30.0 Å². The largest absolute Gasteiger partial charge is 0.449 e. The molecule has 1 fully saturated rings.